The van der Waals surface area contributed by atoms with E-state index in [4.69, 9.17) is 0 Å². The molecule has 0 saturated carbocycles. The maximum Gasteiger partial charge on any atom is 0.128 e. The molecule has 0 bridgehead atoms. The molecule has 1 heterocycles. The molecule has 0 spiro atoms. The van der Waals surface area contributed by atoms with Crippen molar-refractivity contribution in [2.24, 2.45) is 0 Å². The number of aromatic hydroxyl groups is 2. The molecule has 3 N–H and O–H groups in total. The number of hydrogen-bond donors (Lipinski definition) is 3. The van der Waals surface area contributed by atoms with Crippen LogP contribution in [0.5, 0.6) is 11.5 Å². The van der Waals surface area contributed by atoms with E-state index in [9.17, 15) is 14.6 Å². The minimum absolute atomic E-state index is 0.0214. The molecular weight excluding hydrogens is 271 g/mol. The number of halogens is 1. The van der Waals surface area contributed by atoms with Gasteiger partial charge in [0.1, 0.15) is 23.0 Å². The molecule has 0 aliphatic rings. The summed E-state index contributed by atoms with van der Waals surface area (Å²) in [6.45, 7) is 1.85. The van der Waals surface area contributed by atoms with E-state index < -0.39 is 0 Å². The van der Waals surface area contributed by atoms with E-state index in [0.29, 0.717) is 11.3 Å². The highest BCUT2D eigenvalue weighted by Crippen LogP contribution is 2.38. The number of aryl methyl sites for hydroxylation is 1. The van der Waals surface area contributed by atoms with Crippen molar-refractivity contribution in [3.05, 3.63) is 54.0 Å². The van der Waals surface area contributed by atoms with Gasteiger partial charge in [0.2, 0.25) is 0 Å². The van der Waals surface area contributed by atoms with Crippen LogP contribution in [0.2, 0.25) is 0 Å². The van der Waals surface area contributed by atoms with E-state index in [-0.39, 0.29) is 17.3 Å². The van der Waals surface area contributed by atoms with E-state index in [1.165, 1.54) is 24.3 Å². The second-order valence-corrected chi connectivity index (χ2v) is 4.78. The lowest BCUT2D eigenvalue weighted by Crippen LogP contribution is -1.85. The van der Waals surface area contributed by atoms with Crippen molar-refractivity contribution in [1.82, 2.24) is 10.2 Å². The van der Waals surface area contributed by atoms with E-state index in [2.05, 4.69) is 10.2 Å². The maximum absolute atomic E-state index is 13.1. The first-order valence-electron chi connectivity index (χ1n) is 6.39. The summed E-state index contributed by atoms with van der Waals surface area (Å²) in [5.74, 6) is -0.398. The Kier molecular flexibility index (Phi) is 3.10. The molecule has 21 heavy (non-hydrogen) atoms. The third-order valence-corrected chi connectivity index (χ3v) is 3.32. The summed E-state index contributed by atoms with van der Waals surface area (Å²) in [4.78, 5) is 0. The van der Waals surface area contributed by atoms with Crippen LogP contribution >= 0.6 is 0 Å². The zero-order valence-electron chi connectivity index (χ0n) is 11.3. The van der Waals surface area contributed by atoms with Crippen molar-refractivity contribution in [2.45, 2.75) is 6.92 Å². The number of rotatable bonds is 2. The topological polar surface area (TPSA) is 69.1 Å². The number of hydrogen-bond acceptors (Lipinski definition) is 3. The molecule has 1 aromatic heterocycles. The summed E-state index contributed by atoms with van der Waals surface area (Å²) in [7, 11) is 0. The largest absolute Gasteiger partial charge is 0.508 e. The molecule has 106 valence electrons. The molecule has 0 aliphatic heterocycles. The first-order chi connectivity index (χ1) is 10.1. The fourth-order valence-electron chi connectivity index (χ4n) is 2.31. The Balaban J connectivity index is 2.19. The van der Waals surface area contributed by atoms with Crippen molar-refractivity contribution in [2.75, 3.05) is 0 Å². The van der Waals surface area contributed by atoms with Crippen LogP contribution in [0.3, 0.4) is 0 Å². The van der Waals surface area contributed by atoms with Crippen LogP contribution in [0, 0.1) is 12.7 Å². The van der Waals surface area contributed by atoms with Gasteiger partial charge in [0.25, 0.3) is 0 Å². The van der Waals surface area contributed by atoms with Crippen molar-refractivity contribution < 1.29 is 14.6 Å². The van der Waals surface area contributed by atoms with E-state index >= 15 is 0 Å². The summed E-state index contributed by atoms with van der Waals surface area (Å²) >= 11 is 0. The molecule has 4 nitrogen and oxygen atoms in total. The zero-order chi connectivity index (χ0) is 15.0. The summed E-state index contributed by atoms with van der Waals surface area (Å²) in [5, 5.41) is 26.5. The Morgan fingerprint density at radius 2 is 1.76 bits per heavy atom. The predicted molar refractivity (Wildman–Crippen MR) is 77.5 cm³/mol. The highest BCUT2D eigenvalue weighted by atomic mass is 19.1. The Hall–Kier alpha value is -2.82. The Morgan fingerprint density at radius 1 is 1.05 bits per heavy atom. The van der Waals surface area contributed by atoms with E-state index in [1.54, 1.807) is 18.2 Å². The molecule has 0 amide bonds. The minimum Gasteiger partial charge on any atom is -0.508 e. The van der Waals surface area contributed by atoms with Gasteiger partial charge in [-0.1, -0.05) is 12.1 Å². The van der Waals surface area contributed by atoms with Crippen molar-refractivity contribution >= 4 is 0 Å². The number of H-pyrrole nitrogens is 1. The monoisotopic (exact) mass is 284 g/mol. The number of nitrogens with one attached hydrogen (secondary N) is 1. The summed E-state index contributed by atoms with van der Waals surface area (Å²) < 4.78 is 13.1. The van der Waals surface area contributed by atoms with Gasteiger partial charge in [-0.05, 0) is 36.8 Å². The fraction of sp³-hybridized carbons (Fsp3) is 0.0625. The van der Waals surface area contributed by atoms with E-state index in [0.717, 1.165) is 16.8 Å². The first-order valence-corrected chi connectivity index (χ1v) is 6.39. The second-order valence-electron chi connectivity index (χ2n) is 4.78. The quantitative estimate of drug-likeness (QED) is 0.673. The Labute approximate surface area is 120 Å². The molecule has 2 aromatic carbocycles. The molecule has 0 radical (unpaired) electrons. The van der Waals surface area contributed by atoms with Crippen LogP contribution < -0.4 is 0 Å². The Morgan fingerprint density at radius 3 is 2.43 bits per heavy atom. The van der Waals surface area contributed by atoms with Crippen LogP contribution in [0.1, 0.15) is 5.69 Å². The van der Waals surface area contributed by atoms with Crippen molar-refractivity contribution in [1.29, 1.82) is 0 Å². The predicted octanol–water partition coefficient (Wildman–Crippen LogP) is 3.60. The van der Waals surface area contributed by atoms with Gasteiger partial charge in [0.15, 0.2) is 0 Å². The molecule has 0 fully saturated rings. The molecule has 0 saturated heterocycles. The number of phenols is 2. The zero-order valence-corrected chi connectivity index (χ0v) is 11.3. The first kappa shape index (κ1) is 13.2. The standard InChI is InChI=1S/C16H13FN2O2/c1-9-15(10-2-4-11(17)5-3-10)16(19-18-9)13-7-6-12(20)8-14(13)21/h2-8,20-21H,1H3,(H,18,19). The lowest BCUT2D eigenvalue weighted by Gasteiger charge is -2.07. The number of aromatic amines is 1. The van der Waals surface area contributed by atoms with Gasteiger partial charge in [-0.3, -0.25) is 5.10 Å². The molecule has 0 atom stereocenters. The normalized spacial score (nSPS) is 10.8. The smallest absolute Gasteiger partial charge is 0.128 e. The molecule has 0 aliphatic carbocycles. The fourth-order valence-corrected chi connectivity index (χ4v) is 2.31. The number of nitrogens with zero attached hydrogens (tertiary/aromatic N) is 1. The molecule has 0 unspecified atom stereocenters. The van der Waals surface area contributed by atoms with Crippen LogP contribution in [-0.2, 0) is 0 Å². The van der Waals surface area contributed by atoms with Crippen LogP contribution in [0.15, 0.2) is 42.5 Å². The number of aromatic nitrogens is 2. The van der Waals surface area contributed by atoms with Gasteiger partial charge in [-0.2, -0.15) is 5.10 Å². The van der Waals surface area contributed by atoms with Crippen LogP contribution in [-0.4, -0.2) is 20.4 Å². The molecule has 3 aromatic rings. The lowest BCUT2D eigenvalue weighted by atomic mass is 9.98. The number of benzene rings is 2. The average Bonchev–Trinajstić information content (AvgIpc) is 2.82. The summed E-state index contributed by atoms with van der Waals surface area (Å²) in [6, 6.07) is 10.4. The van der Waals surface area contributed by atoms with E-state index in [1.807, 2.05) is 6.92 Å². The van der Waals surface area contributed by atoms with Gasteiger partial charge in [-0.25, -0.2) is 4.39 Å². The number of phenolic OH excluding ortho intramolecular Hbond substituents is 2. The second kappa shape index (κ2) is 4.94. The summed E-state index contributed by atoms with van der Waals surface area (Å²) in [5.41, 5.74) is 3.44. The minimum atomic E-state index is -0.311. The van der Waals surface area contributed by atoms with Crippen molar-refractivity contribution in [3.63, 3.8) is 0 Å². The molecular formula is C16H13FN2O2. The van der Waals surface area contributed by atoms with Crippen LogP contribution in [0.4, 0.5) is 4.39 Å². The van der Waals surface area contributed by atoms with Gasteiger partial charge >= 0.3 is 0 Å². The molecule has 3 rings (SSSR count). The van der Waals surface area contributed by atoms with Gasteiger partial charge < -0.3 is 10.2 Å². The third-order valence-electron chi connectivity index (χ3n) is 3.32. The van der Waals surface area contributed by atoms with Gasteiger partial charge in [-0.15, -0.1) is 0 Å². The van der Waals surface area contributed by atoms with Crippen LogP contribution in [0.25, 0.3) is 22.4 Å². The maximum atomic E-state index is 13.1. The third kappa shape index (κ3) is 2.33. The lowest BCUT2D eigenvalue weighted by molar-refractivity contribution is 0.452. The highest BCUT2D eigenvalue weighted by molar-refractivity contribution is 5.85. The highest BCUT2D eigenvalue weighted by Gasteiger charge is 2.17. The van der Waals surface area contributed by atoms with Gasteiger partial charge in [0.05, 0.1) is 0 Å². The average molecular weight is 284 g/mol. The van der Waals surface area contributed by atoms with Crippen molar-refractivity contribution in [3.8, 4) is 33.9 Å². The molecule has 5 heteroatoms. The van der Waals surface area contributed by atoms with Gasteiger partial charge in [0, 0.05) is 22.9 Å². The SMILES string of the molecule is Cc1[nH]nc(-c2ccc(O)cc2O)c1-c1ccc(F)cc1. The Bertz CT molecular complexity index is 795. The summed E-state index contributed by atoms with van der Waals surface area (Å²) in [6.07, 6.45) is 0.